The van der Waals surface area contributed by atoms with Gasteiger partial charge >= 0.3 is 0 Å². The zero-order valence-electron chi connectivity index (χ0n) is 16.5. The summed E-state index contributed by atoms with van der Waals surface area (Å²) in [6.45, 7) is 3.26. The van der Waals surface area contributed by atoms with Gasteiger partial charge in [-0.3, -0.25) is 19.3 Å². The summed E-state index contributed by atoms with van der Waals surface area (Å²) in [5, 5.41) is 0. The predicted molar refractivity (Wildman–Crippen MR) is 111 cm³/mol. The van der Waals surface area contributed by atoms with Crippen molar-refractivity contribution in [1.82, 2.24) is 9.80 Å². The SMILES string of the molecule is O=C(c1ccccc1)C1CCN(CCCCN2C(=O)c3ccccc3C2=O)CC1. The van der Waals surface area contributed by atoms with Gasteiger partial charge in [-0.2, -0.15) is 0 Å². The van der Waals surface area contributed by atoms with Crippen molar-refractivity contribution in [2.45, 2.75) is 25.7 Å². The van der Waals surface area contributed by atoms with E-state index in [1.165, 1.54) is 4.90 Å². The molecule has 0 spiro atoms. The number of ketones is 1. The second-order valence-electron chi connectivity index (χ2n) is 7.86. The number of Topliss-reactive ketones (excluding diaryl/α,β-unsaturated/α-hetero) is 1. The number of likely N-dealkylation sites (tertiary alicyclic amines) is 1. The van der Waals surface area contributed by atoms with E-state index in [2.05, 4.69) is 4.90 Å². The molecule has 4 rings (SSSR count). The van der Waals surface area contributed by atoms with Crippen LogP contribution >= 0.6 is 0 Å². The van der Waals surface area contributed by atoms with Gasteiger partial charge in [0, 0.05) is 18.0 Å². The fourth-order valence-electron chi connectivity index (χ4n) is 4.30. The molecular formula is C24H26N2O3. The Hall–Kier alpha value is -2.79. The van der Waals surface area contributed by atoms with Crippen LogP contribution in [-0.2, 0) is 0 Å². The lowest BCUT2D eigenvalue weighted by molar-refractivity contribution is 0.0649. The number of amides is 2. The first-order valence-electron chi connectivity index (χ1n) is 10.4. The third kappa shape index (κ3) is 4.15. The maximum Gasteiger partial charge on any atom is 0.261 e. The van der Waals surface area contributed by atoms with Gasteiger partial charge < -0.3 is 4.90 Å². The topological polar surface area (TPSA) is 57.7 Å². The molecule has 2 aliphatic heterocycles. The Balaban J connectivity index is 1.19. The number of benzene rings is 2. The lowest BCUT2D eigenvalue weighted by Gasteiger charge is -2.31. The van der Waals surface area contributed by atoms with Crippen molar-refractivity contribution in [2.24, 2.45) is 5.92 Å². The molecule has 29 heavy (non-hydrogen) atoms. The Morgan fingerprint density at radius 3 is 1.97 bits per heavy atom. The number of piperidine rings is 1. The van der Waals surface area contributed by atoms with Gasteiger partial charge in [-0.15, -0.1) is 0 Å². The molecule has 0 atom stereocenters. The lowest BCUT2D eigenvalue weighted by atomic mass is 9.89. The Kier molecular flexibility index (Phi) is 5.86. The van der Waals surface area contributed by atoms with Crippen molar-refractivity contribution in [1.29, 1.82) is 0 Å². The molecule has 2 amide bonds. The van der Waals surface area contributed by atoms with Crippen LogP contribution in [0.1, 0.15) is 56.8 Å². The summed E-state index contributed by atoms with van der Waals surface area (Å²) < 4.78 is 0. The molecule has 0 saturated carbocycles. The first-order valence-corrected chi connectivity index (χ1v) is 10.4. The van der Waals surface area contributed by atoms with Gasteiger partial charge in [-0.25, -0.2) is 0 Å². The number of imide groups is 1. The van der Waals surface area contributed by atoms with Crippen LogP contribution in [0.15, 0.2) is 54.6 Å². The second-order valence-corrected chi connectivity index (χ2v) is 7.86. The highest BCUT2D eigenvalue weighted by Gasteiger charge is 2.34. The minimum Gasteiger partial charge on any atom is -0.303 e. The molecule has 0 bridgehead atoms. The molecule has 2 aromatic rings. The van der Waals surface area contributed by atoms with Gasteiger partial charge in [0.25, 0.3) is 11.8 Å². The first-order chi connectivity index (χ1) is 14.1. The molecule has 2 aliphatic rings. The van der Waals surface area contributed by atoms with Crippen molar-refractivity contribution in [3.63, 3.8) is 0 Å². The number of carbonyl (C=O) groups is 3. The zero-order valence-corrected chi connectivity index (χ0v) is 16.5. The predicted octanol–water partition coefficient (Wildman–Crippen LogP) is 3.66. The monoisotopic (exact) mass is 390 g/mol. The molecule has 0 aliphatic carbocycles. The Morgan fingerprint density at radius 1 is 0.793 bits per heavy atom. The van der Waals surface area contributed by atoms with Crippen molar-refractivity contribution in [2.75, 3.05) is 26.2 Å². The number of unbranched alkanes of at least 4 members (excludes halogenated alkanes) is 1. The summed E-state index contributed by atoms with van der Waals surface area (Å²) in [5.41, 5.74) is 1.84. The number of hydrogen-bond donors (Lipinski definition) is 0. The minimum absolute atomic E-state index is 0.118. The van der Waals surface area contributed by atoms with Crippen molar-refractivity contribution in [3.8, 4) is 0 Å². The van der Waals surface area contributed by atoms with E-state index >= 15 is 0 Å². The fourth-order valence-corrected chi connectivity index (χ4v) is 4.30. The highest BCUT2D eigenvalue weighted by molar-refractivity contribution is 6.21. The number of carbonyl (C=O) groups excluding carboxylic acids is 3. The van der Waals surface area contributed by atoms with Gasteiger partial charge in [0.05, 0.1) is 11.1 Å². The molecule has 0 N–H and O–H groups in total. The van der Waals surface area contributed by atoms with E-state index in [0.717, 1.165) is 50.9 Å². The highest BCUT2D eigenvalue weighted by Crippen LogP contribution is 2.24. The quantitative estimate of drug-likeness (QED) is 0.411. The molecular weight excluding hydrogens is 364 g/mol. The van der Waals surface area contributed by atoms with E-state index in [9.17, 15) is 14.4 Å². The van der Waals surface area contributed by atoms with Crippen molar-refractivity contribution in [3.05, 3.63) is 71.3 Å². The van der Waals surface area contributed by atoms with Crippen LogP contribution in [-0.4, -0.2) is 53.6 Å². The molecule has 1 saturated heterocycles. The molecule has 1 fully saturated rings. The van der Waals surface area contributed by atoms with Crippen LogP contribution < -0.4 is 0 Å². The third-order valence-electron chi connectivity index (χ3n) is 6.00. The summed E-state index contributed by atoms with van der Waals surface area (Å²) in [6, 6.07) is 16.6. The van der Waals surface area contributed by atoms with Crippen molar-refractivity contribution < 1.29 is 14.4 Å². The zero-order chi connectivity index (χ0) is 20.2. The number of hydrogen-bond acceptors (Lipinski definition) is 4. The Bertz CT molecular complexity index is 866. The van der Waals surface area contributed by atoms with Gasteiger partial charge in [0.2, 0.25) is 0 Å². The smallest absolute Gasteiger partial charge is 0.261 e. The van der Waals surface area contributed by atoms with E-state index in [4.69, 9.17) is 0 Å². The van der Waals surface area contributed by atoms with Crippen LogP contribution in [0.25, 0.3) is 0 Å². The summed E-state index contributed by atoms with van der Waals surface area (Å²) in [7, 11) is 0. The highest BCUT2D eigenvalue weighted by atomic mass is 16.2. The Morgan fingerprint density at radius 2 is 1.34 bits per heavy atom. The van der Waals surface area contributed by atoms with Crippen LogP contribution in [0.2, 0.25) is 0 Å². The molecule has 150 valence electrons. The van der Waals surface area contributed by atoms with Crippen LogP contribution in [0.4, 0.5) is 0 Å². The largest absolute Gasteiger partial charge is 0.303 e. The van der Waals surface area contributed by atoms with Gasteiger partial charge in [0.1, 0.15) is 0 Å². The number of nitrogens with zero attached hydrogens (tertiary/aromatic N) is 2. The van der Waals surface area contributed by atoms with Gasteiger partial charge in [-0.1, -0.05) is 42.5 Å². The lowest BCUT2D eigenvalue weighted by Crippen LogP contribution is -2.37. The van der Waals surface area contributed by atoms with Gasteiger partial charge in [-0.05, 0) is 57.5 Å². The average molecular weight is 390 g/mol. The fraction of sp³-hybridized carbons (Fsp3) is 0.375. The van der Waals surface area contributed by atoms with Crippen LogP contribution in [0, 0.1) is 5.92 Å². The second kappa shape index (κ2) is 8.70. The van der Waals surface area contributed by atoms with Crippen LogP contribution in [0.3, 0.4) is 0 Å². The van der Waals surface area contributed by atoms with Gasteiger partial charge in [0.15, 0.2) is 5.78 Å². The molecule has 0 aromatic heterocycles. The number of fused-ring (bicyclic) bond motifs is 1. The maximum absolute atomic E-state index is 12.6. The summed E-state index contributed by atoms with van der Waals surface area (Å²) >= 11 is 0. The van der Waals surface area contributed by atoms with E-state index < -0.39 is 0 Å². The molecule has 2 aromatic carbocycles. The van der Waals surface area contributed by atoms with E-state index in [0.29, 0.717) is 17.7 Å². The molecule has 2 heterocycles. The Labute approximate surface area is 171 Å². The first kappa shape index (κ1) is 19.5. The minimum atomic E-state index is -0.175. The van der Waals surface area contributed by atoms with Crippen LogP contribution in [0.5, 0.6) is 0 Å². The standard InChI is InChI=1S/C24H26N2O3/c27-22(18-8-2-1-3-9-18)19-12-16-25(17-13-19)14-6-7-15-26-23(28)20-10-4-5-11-21(20)24(26)29/h1-5,8-11,19H,6-7,12-17H2. The third-order valence-corrected chi connectivity index (χ3v) is 6.00. The summed E-state index contributed by atoms with van der Waals surface area (Å²) in [5.74, 6) is 0.0274. The molecule has 0 radical (unpaired) electrons. The summed E-state index contributed by atoms with van der Waals surface area (Å²) in [4.78, 5) is 41.1. The average Bonchev–Trinajstić information content (AvgIpc) is 3.02. The van der Waals surface area contributed by atoms with E-state index in [1.54, 1.807) is 24.3 Å². The van der Waals surface area contributed by atoms with E-state index in [-0.39, 0.29) is 23.5 Å². The van der Waals surface area contributed by atoms with Crippen molar-refractivity contribution >= 4 is 17.6 Å². The molecule has 5 nitrogen and oxygen atoms in total. The maximum atomic E-state index is 12.6. The van der Waals surface area contributed by atoms with E-state index in [1.807, 2.05) is 30.3 Å². The summed E-state index contributed by atoms with van der Waals surface area (Å²) in [6.07, 6.45) is 3.53. The normalized spacial score (nSPS) is 17.6. The molecule has 0 unspecified atom stereocenters. The molecule has 5 heteroatoms. The number of rotatable bonds is 7.